The highest BCUT2D eigenvalue weighted by molar-refractivity contribution is 5.75. The second kappa shape index (κ2) is 7.39. The number of nitrogens with one attached hydrogen (secondary N) is 1. The van der Waals surface area contributed by atoms with Gasteiger partial charge in [0.25, 0.3) is 0 Å². The second-order valence-electron chi connectivity index (χ2n) is 5.56. The van der Waals surface area contributed by atoms with Crippen LogP contribution in [0.2, 0.25) is 0 Å². The van der Waals surface area contributed by atoms with Crippen molar-refractivity contribution in [1.82, 2.24) is 10.2 Å². The minimum absolute atomic E-state index is 0.154. The molecule has 1 aromatic carbocycles. The zero-order valence-corrected chi connectivity index (χ0v) is 12.1. The Kier molecular flexibility index (Phi) is 5.53. The Morgan fingerprint density at radius 1 is 1.35 bits per heavy atom. The quantitative estimate of drug-likeness (QED) is 0.898. The van der Waals surface area contributed by atoms with Crippen LogP contribution in [0.4, 0.5) is 4.39 Å². The summed E-state index contributed by atoms with van der Waals surface area (Å²) in [5.74, 6) is -0.0900. The monoisotopic (exact) mass is 278 g/mol. The van der Waals surface area contributed by atoms with E-state index in [0.29, 0.717) is 19.0 Å². The van der Waals surface area contributed by atoms with Crippen LogP contribution in [-0.2, 0) is 11.3 Å². The van der Waals surface area contributed by atoms with Gasteiger partial charge in [0, 0.05) is 26.1 Å². The summed E-state index contributed by atoms with van der Waals surface area (Å²) in [6, 6.07) is 6.80. The smallest absolute Gasteiger partial charge is 0.222 e. The van der Waals surface area contributed by atoms with Gasteiger partial charge in [0.2, 0.25) is 5.91 Å². The van der Waals surface area contributed by atoms with Crippen LogP contribution in [-0.4, -0.2) is 30.4 Å². The van der Waals surface area contributed by atoms with E-state index in [1.807, 2.05) is 0 Å². The van der Waals surface area contributed by atoms with Gasteiger partial charge in [0.05, 0.1) is 0 Å². The third kappa shape index (κ3) is 4.60. The largest absolute Gasteiger partial charge is 0.341 e. The molecule has 0 radical (unpaired) electrons. The molecule has 1 fully saturated rings. The molecule has 1 N–H and O–H groups in total. The standard InChI is InChI=1S/C16H23FN2O/c1-19(12-13-5-7-14(17)8-6-13)16(20)10-9-15-4-2-3-11-18-15/h5-8,15,18H,2-4,9-12H2,1H3. The maximum Gasteiger partial charge on any atom is 0.222 e. The first-order valence-corrected chi connectivity index (χ1v) is 7.37. The van der Waals surface area contributed by atoms with E-state index in [-0.39, 0.29) is 11.7 Å². The number of piperidine rings is 1. The lowest BCUT2D eigenvalue weighted by Crippen LogP contribution is -2.35. The van der Waals surface area contributed by atoms with Crippen LogP contribution < -0.4 is 5.32 Å². The summed E-state index contributed by atoms with van der Waals surface area (Å²) in [7, 11) is 1.81. The first kappa shape index (κ1) is 15.0. The van der Waals surface area contributed by atoms with E-state index in [1.54, 1.807) is 24.1 Å². The number of hydrogen-bond donors (Lipinski definition) is 1. The normalized spacial score (nSPS) is 18.8. The van der Waals surface area contributed by atoms with E-state index in [9.17, 15) is 9.18 Å². The molecule has 0 aromatic heterocycles. The van der Waals surface area contributed by atoms with Crippen molar-refractivity contribution in [3.63, 3.8) is 0 Å². The number of nitrogens with zero attached hydrogens (tertiary/aromatic N) is 1. The number of carbonyl (C=O) groups excluding carboxylic acids is 1. The molecular formula is C16H23FN2O. The van der Waals surface area contributed by atoms with E-state index in [4.69, 9.17) is 0 Å². The Balaban J connectivity index is 1.75. The molecule has 110 valence electrons. The van der Waals surface area contributed by atoms with Crippen LogP contribution in [0.5, 0.6) is 0 Å². The van der Waals surface area contributed by atoms with Crippen molar-refractivity contribution in [3.05, 3.63) is 35.6 Å². The Hall–Kier alpha value is -1.42. The number of rotatable bonds is 5. The number of hydrogen-bond acceptors (Lipinski definition) is 2. The Morgan fingerprint density at radius 3 is 2.75 bits per heavy atom. The zero-order valence-electron chi connectivity index (χ0n) is 12.1. The molecule has 1 unspecified atom stereocenters. The topological polar surface area (TPSA) is 32.3 Å². The lowest BCUT2D eigenvalue weighted by Gasteiger charge is -2.24. The minimum atomic E-state index is -0.244. The molecule has 0 spiro atoms. The van der Waals surface area contributed by atoms with Crippen molar-refractivity contribution in [1.29, 1.82) is 0 Å². The number of halogens is 1. The Morgan fingerprint density at radius 2 is 2.10 bits per heavy atom. The van der Waals surface area contributed by atoms with E-state index < -0.39 is 0 Å². The predicted octanol–water partition coefficient (Wildman–Crippen LogP) is 2.71. The molecule has 0 saturated carbocycles. The van der Waals surface area contributed by atoms with Gasteiger partial charge in [-0.15, -0.1) is 0 Å². The number of benzene rings is 1. The molecule has 4 heteroatoms. The van der Waals surface area contributed by atoms with Crippen molar-refractivity contribution < 1.29 is 9.18 Å². The molecule has 1 aliphatic rings. The average molecular weight is 278 g/mol. The molecule has 1 atom stereocenters. The van der Waals surface area contributed by atoms with Crippen molar-refractivity contribution in [2.24, 2.45) is 0 Å². The Labute approximate surface area is 120 Å². The van der Waals surface area contributed by atoms with Crippen LogP contribution in [0.3, 0.4) is 0 Å². The zero-order chi connectivity index (χ0) is 14.4. The predicted molar refractivity (Wildman–Crippen MR) is 77.7 cm³/mol. The van der Waals surface area contributed by atoms with Gasteiger partial charge in [-0.25, -0.2) is 4.39 Å². The minimum Gasteiger partial charge on any atom is -0.341 e. The van der Waals surface area contributed by atoms with Crippen LogP contribution in [0.25, 0.3) is 0 Å². The molecule has 0 aliphatic carbocycles. The van der Waals surface area contributed by atoms with Gasteiger partial charge in [0.15, 0.2) is 0 Å². The summed E-state index contributed by atoms with van der Waals surface area (Å²) in [4.78, 5) is 13.8. The molecule has 1 amide bonds. The first-order chi connectivity index (χ1) is 9.65. The molecule has 2 rings (SSSR count). The third-order valence-electron chi connectivity index (χ3n) is 3.88. The van der Waals surface area contributed by atoms with Gasteiger partial charge >= 0.3 is 0 Å². The van der Waals surface area contributed by atoms with E-state index in [1.165, 1.54) is 31.4 Å². The lowest BCUT2D eigenvalue weighted by atomic mass is 10.0. The SMILES string of the molecule is CN(Cc1ccc(F)cc1)C(=O)CCC1CCCCN1. The molecule has 1 aliphatic heterocycles. The van der Waals surface area contributed by atoms with Crippen LogP contribution in [0, 0.1) is 5.82 Å². The molecule has 0 bridgehead atoms. The number of carbonyl (C=O) groups is 1. The second-order valence-corrected chi connectivity index (χ2v) is 5.56. The third-order valence-corrected chi connectivity index (χ3v) is 3.88. The Bertz CT molecular complexity index is 427. The summed E-state index contributed by atoms with van der Waals surface area (Å²) < 4.78 is 12.8. The van der Waals surface area contributed by atoms with Crippen molar-refractivity contribution in [2.75, 3.05) is 13.6 Å². The van der Waals surface area contributed by atoms with Gasteiger partial charge in [-0.3, -0.25) is 4.79 Å². The molecular weight excluding hydrogens is 255 g/mol. The average Bonchev–Trinajstić information content (AvgIpc) is 2.48. The van der Waals surface area contributed by atoms with E-state index >= 15 is 0 Å². The van der Waals surface area contributed by atoms with Crippen molar-refractivity contribution in [3.8, 4) is 0 Å². The van der Waals surface area contributed by atoms with E-state index in [0.717, 1.165) is 18.5 Å². The van der Waals surface area contributed by atoms with Crippen molar-refractivity contribution in [2.45, 2.75) is 44.7 Å². The van der Waals surface area contributed by atoms with E-state index in [2.05, 4.69) is 5.32 Å². The summed E-state index contributed by atoms with van der Waals surface area (Å²) in [6.45, 7) is 1.61. The fourth-order valence-electron chi connectivity index (χ4n) is 2.61. The lowest BCUT2D eigenvalue weighted by molar-refractivity contribution is -0.130. The summed E-state index contributed by atoms with van der Waals surface area (Å²) in [5, 5.41) is 3.46. The van der Waals surface area contributed by atoms with Crippen LogP contribution >= 0.6 is 0 Å². The summed E-state index contributed by atoms with van der Waals surface area (Å²) in [6.07, 6.45) is 5.17. The number of amides is 1. The van der Waals surface area contributed by atoms with Gasteiger partial charge in [0.1, 0.15) is 5.82 Å². The van der Waals surface area contributed by atoms with Crippen LogP contribution in [0.1, 0.15) is 37.7 Å². The summed E-state index contributed by atoms with van der Waals surface area (Å²) >= 11 is 0. The molecule has 3 nitrogen and oxygen atoms in total. The maximum absolute atomic E-state index is 12.8. The molecule has 20 heavy (non-hydrogen) atoms. The highest BCUT2D eigenvalue weighted by Crippen LogP contribution is 2.13. The fourth-order valence-corrected chi connectivity index (χ4v) is 2.61. The molecule has 1 saturated heterocycles. The fraction of sp³-hybridized carbons (Fsp3) is 0.562. The highest BCUT2D eigenvalue weighted by atomic mass is 19.1. The molecule has 1 aromatic rings. The van der Waals surface area contributed by atoms with Crippen LogP contribution in [0.15, 0.2) is 24.3 Å². The van der Waals surface area contributed by atoms with Crippen molar-refractivity contribution >= 4 is 5.91 Å². The van der Waals surface area contributed by atoms with Gasteiger partial charge in [-0.2, -0.15) is 0 Å². The van der Waals surface area contributed by atoms with Gasteiger partial charge in [-0.1, -0.05) is 18.6 Å². The highest BCUT2D eigenvalue weighted by Gasteiger charge is 2.16. The molecule has 1 heterocycles. The maximum atomic E-state index is 12.8. The van der Waals surface area contributed by atoms with Gasteiger partial charge < -0.3 is 10.2 Å². The summed E-state index contributed by atoms with van der Waals surface area (Å²) in [5.41, 5.74) is 0.957. The first-order valence-electron chi connectivity index (χ1n) is 7.37. The van der Waals surface area contributed by atoms with Gasteiger partial charge in [-0.05, 0) is 43.5 Å².